The van der Waals surface area contributed by atoms with Crippen molar-refractivity contribution in [3.05, 3.63) is 0 Å². The molecule has 0 aromatic rings. The third kappa shape index (κ3) is 8.18. The molecule has 1 radical (unpaired) electrons. The van der Waals surface area contributed by atoms with Gasteiger partial charge in [-0.25, -0.2) is 0 Å². The first-order valence-corrected chi connectivity index (χ1v) is 4.91. The van der Waals surface area contributed by atoms with Crippen molar-refractivity contribution in [2.75, 3.05) is 13.1 Å². The molecule has 0 aliphatic carbocycles. The number of unbranched alkanes of at least 4 members (excludes halogenated alkanes) is 1. The van der Waals surface area contributed by atoms with Crippen molar-refractivity contribution >= 4 is 10.2 Å². The number of hydrogen-bond donors (Lipinski definition) is 1. The maximum atomic E-state index is 3.39. The van der Waals surface area contributed by atoms with E-state index in [4.69, 9.17) is 0 Å². The van der Waals surface area contributed by atoms with Crippen molar-refractivity contribution in [1.29, 1.82) is 0 Å². The highest BCUT2D eigenvalue weighted by molar-refractivity contribution is 6.08. The second-order valence-corrected chi connectivity index (χ2v) is 3.02. The molecule has 0 amide bonds. The molecule has 0 aliphatic rings. The van der Waals surface area contributed by atoms with Crippen LogP contribution in [0.1, 0.15) is 26.2 Å². The molecular weight excluding hydrogens is 126 g/mol. The van der Waals surface area contributed by atoms with Gasteiger partial charge >= 0.3 is 0 Å². The van der Waals surface area contributed by atoms with Gasteiger partial charge in [0, 0.05) is 10.2 Å². The van der Waals surface area contributed by atoms with E-state index in [1.807, 2.05) is 0 Å². The molecule has 55 valence electrons. The molecule has 0 heterocycles. The Kier molecular flexibility index (Phi) is 8.34. The van der Waals surface area contributed by atoms with Gasteiger partial charge in [0.05, 0.1) is 0 Å². The van der Waals surface area contributed by atoms with Crippen LogP contribution in [0.25, 0.3) is 0 Å². The first-order valence-electron chi connectivity index (χ1n) is 3.91. The minimum Gasteiger partial charge on any atom is -0.317 e. The van der Waals surface area contributed by atoms with Crippen LogP contribution in [0.3, 0.4) is 0 Å². The Bertz CT molecular complexity index is 42.2. The number of hydrogen-bond acceptors (Lipinski definition) is 1. The fraction of sp³-hybridized carbons (Fsp3) is 1.00. The van der Waals surface area contributed by atoms with E-state index in [1.165, 1.54) is 38.4 Å². The summed E-state index contributed by atoms with van der Waals surface area (Å²) in [4.78, 5) is 0. The standard InChI is InChI=1S/C7H18NSi/c1-2-3-5-8-6-4-7-9/h8H,2-7,9H2,1H3. The molecule has 0 aliphatic heterocycles. The predicted octanol–water partition coefficient (Wildman–Crippen LogP) is 0.818. The third-order valence-corrected chi connectivity index (χ3v) is 1.81. The van der Waals surface area contributed by atoms with Gasteiger partial charge in [0.25, 0.3) is 0 Å². The van der Waals surface area contributed by atoms with E-state index in [0.29, 0.717) is 0 Å². The Labute approximate surface area is 61.6 Å². The Morgan fingerprint density at radius 2 is 1.89 bits per heavy atom. The van der Waals surface area contributed by atoms with Gasteiger partial charge in [0.15, 0.2) is 0 Å². The zero-order valence-corrected chi connectivity index (χ0v) is 7.86. The van der Waals surface area contributed by atoms with Gasteiger partial charge < -0.3 is 5.32 Å². The Balaban J connectivity index is 2.60. The van der Waals surface area contributed by atoms with Crippen molar-refractivity contribution in [1.82, 2.24) is 5.32 Å². The smallest absolute Gasteiger partial charge is 0.00803 e. The third-order valence-electron chi connectivity index (χ3n) is 1.31. The summed E-state index contributed by atoms with van der Waals surface area (Å²) >= 11 is 0. The van der Waals surface area contributed by atoms with Gasteiger partial charge in [-0.05, 0) is 25.9 Å². The van der Waals surface area contributed by atoms with Crippen LogP contribution in [-0.4, -0.2) is 23.3 Å². The molecule has 0 aromatic heterocycles. The molecule has 0 saturated carbocycles. The van der Waals surface area contributed by atoms with E-state index in [-0.39, 0.29) is 0 Å². The fourth-order valence-corrected chi connectivity index (χ4v) is 0.927. The fourth-order valence-electron chi connectivity index (χ4n) is 0.677. The quantitative estimate of drug-likeness (QED) is 0.430. The van der Waals surface area contributed by atoms with Crippen molar-refractivity contribution in [2.45, 2.75) is 32.2 Å². The van der Waals surface area contributed by atoms with Crippen LogP contribution in [0, 0.1) is 0 Å². The van der Waals surface area contributed by atoms with Crippen molar-refractivity contribution in [3.8, 4) is 0 Å². The Morgan fingerprint density at radius 1 is 1.22 bits per heavy atom. The van der Waals surface area contributed by atoms with E-state index in [2.05, 4.69) is 22.5 Å². The summed E-state index contributed by atoms with van der Waals surface area (Å²) < 4.78 is 0. The summed E-state index contributed by atoms with van der Waals surface area (Å²) in [7, 11) is 2.05. The molecule has 1 nitrogen and oxygen atoms in total. The van der Waals surface area contributed by atoms with Gasteiger partial charge in [-0.15, -0.1) is 0 Å². The maximum Gasteiger partial charge on any atom is 0.00803 e. The number of rotatable bonds is 6. The highest BCUT2D eigenvalue weighted by Crippen LogP contribution is 1.84. The molecule has 0 aromatic carbocycles. The molecule has 0 unspecified atom stereocenters. The monoisotopic (exact) mass is 144 g/mol. The first-order chi connectivity index (χ1) is 4.41. The summed E-state index contributed by atoms with van der Waals surface area (Å²) in [5, 5.41) is 3.39. The molecule has 0 saturated heterocycles. The van der Waals surface area contributed by atoms with Crippen molar-refractivity contribution < 1.29 is 0 Å². The Morgan fingerprint density at radius 3 is 2.44 bits per heavy atom. The second-order valence-electron chi connectivity index (χ2n) is 2.31. The van der Waals surface area contributed by atoms with E-state index >= 15 is 0 Å². The lowest BCUT2D eigenvalue weighted by atomic mass is 10.3. The van der Waals surface area contributed by atoms with Gasteiger partial charge in [0.2, 0.25) is 0 Å². The van der Waals surface area contributed by atoms with Crippen LogP contribution in [-0.2, 0) is 0 Å². The predicted molar refractivity (Wildman–Crippen MR) is 45.7 cm³/mol. The molecule has 9 heavy (non-hydrogen) atoms. The highest BCUT2D eigenvalue weighted by Gasteiger charge is 1.83. The number of nitrogens with one attached hydrogen (secondary N) is 1. The average Bonchev–Trinajstić information content (AvgIpc) is 1.89. The minimum atomic E-state index is 1.21. The molecule has 1 N–H and O–H groups in total. The molecule has 0 fully saturated rings. The van der Waals surface area contributed by atoms with E-state index < -0.39 is 0 Å². The Hall–Kier alpha value is 0.177. The van der Waals surface area contributed by atoms with Crippen molar-refractivity contribution in [2.24, 2.45) is 0 Å². The van der Waals surface area contributed by atoms with Crippen LogP contribution >= 0.6 is 0 Å². The summed E-state index contributed by atoms with van der Waals surface area (Å²) in [5.74, 6) is 0. The van der Waals surface area contributed by atoms with Gasteiger partial charge in [0.1, 0.15) is 0 Å². The molecule has 0 bridgehead atoms. The first kappa shape index (κ1) is 9.18. The van der Waals surface area contributed by atoms with E-state index in [9.17, 15) is 0 Å². The topological polar surface area (TPSA) is 12.0 Å². The molecule has 0 atom stereocenters. The van der Waals surface area contributed by atoms with E-state index in [0.717, 1.165) is 0 Å². The van der Waals surface area contributed by atoms with Gasteiger partial charge in [-0.1, -0.05) is 19.4 Å². The van der Waals surface area contributed by atoms with E-state index in [1.54, 1.807) is 0 Å². The van der Waals surface area contributed by atoms with Gasteiger partial charge in [-0.3, -0.25) is 0 Å². The summed E-state index contributed by atoms with van der Waals surface area (Å²) in [6, 6.07) is 1.33. The lowest BCUT2D eigenvalue weighted by Gasteiger charge is -1.99. The summed E-state index contributed by atoms with van der Waals surface area (Å²) in [6.45, 7) is 4.64. The average molecular weight is 144 g/mol. The lowest BCUT2D eigenvalue weighted by molar-refractivity contribution is 0.633. The molecule has 0 spiro atoms. The molecular formula is C7H18NSi. The summed E-state index contributed by atoms with van der Waals surface area (Å²) in [6.07, 6.45) is 3.97. The van der Waals surface area contributed by atoms with Crippen LogP contribution < -0.4 is 5.32 Å². The van der Waals surface area contributed by atoms with Crippen molar-refractivity contribution in [3.63, 3.8) is 0 Å². The zero-order chi connectivity index (χ0) is 6.95. The highest BCUT2D eigenvalue weighted by atomic mass is 28.1. The van der Waals surface area contributed by atoms with Crippen LogP contribution in [0.2, 0.25) is 6.04 Å². The largest absolute Gasteiger partial charge is 0.317 e. The minimum absolute atomic E-state index is 1.21. The molecule has 2 heteroatoms. The second kappa shape index (κ2) is 8.18. The summed E-state index contributed by atoms with van der Waals surface area (Å²) in [5.41, 5.74) is 0. The van der Waals surface area contributed by atoms with Crippen LogP contribution in [0.15, 0.2) is 0 Å². The van der Waals surface area contributed by atoms with Gasteiger partial charge in [-0.2, -0.15) is 0 Å². The normalized spacial score (nSPS) is 10.0. The lowest BCUT2D eigenvalue weighted by Crippen LogP contribution is -2.16. The van der Waals surface area contributed by atoms with Crippen LogP contribution in [0.4, 0.5) is 0 Å². The molecule has 0 rings (SSSR count). The zero-order valence-electron chi connectivity index (χ0n) is 6.45. The maximum absolute atomic E-state index is 3.39. The SMILES string of the molecule is CCCCNCCC[SiH2]. The van der Waals surface area contributed by atoms with Crippen LogP contribution in [0.5, 0.6) is 0 Å².